The highest BCUT2D eigenvalue weighted by molar-refractivity contribution is 7.98. The molecule has 3 N–H and O–H groups in total. The number of nitrogens with one attached hydrogen (secondary N) is 1. The topological polar surface area (TPSA) is 82.0 Å². The van der Waals surface area contributed by atoms with Crippen molar-refractivity contribution in [3.63, 3.8) is 0 Å². The summed E-state index contributed by atoms with van der Waals surface area (Å²) in [5.74, 6) is 0.375. The average molecular weight is 533 g/mol. The molecule has 1 aliphatic carbocycles. The zero-order chi connectivity index (χ0) is 26.6. The predicted molar refractivity (Wildman–Crippen MR) is 137 cm³/mol. The molecule has 0 unspecified atom stereocenters. The molecule has 0 bridgehead atoms. The molecule has 1 heterocycles. The first-order valence-corrected chi connectivity index (χ1v) is 12.9. The maximum atomic E-state index is 13.5. The van der Waals surface area contributed by atoms with Crippen LogP contribution in [0.3, 0.4) is 0 Å². The average Bonchev–Trinajstić information content (AvgIpc) is 3.75. The van der Waals surface area contributed by atoms with Gasteiger partial charge in [-0.25, -0.2) is 0 Å². The summed E-state index contributed by atoms with van der Waals surface area (Å²) in [5, 5.41) is 14.9. The standard InChI is InChI=1S/C27H25F3N2O2S.H2O2/c1-35-22-9-2-18(3-10-22)17-31-25(33)19-4-11-23-24(16-19)34-15-14-32(23)21-7-5-20(6-8-21)26(12-13-26)27(28,29)30;1-2/h2-11,16H,12-15,17H2,1H3,(H,31,33);1-2H. The quantitative estimate of drug-likeness (QED) is 0.192. The van der Waals surface area contributed by atoms with Gasteiger partial charge in [0.25, 0.3) is 5.91 Å². The van der Waals surface area contributed by atoms with Crippen LogP contribution in [0, 0.1) is 0 Å². The van der Waals surface area contributed by atoms with Crippen LogP contribution in [0.2, 0.25) is 0 Å². The summed E-state index contributed by atoms with van der Waals surface area (Å²) < 4.78 is 46.2. The Balaban J connectivity index is 0.00000156. The molecule has 1 aliphatic heterocycles. The Morgan fingerprint density at radius 2 is 1.73 bits per heavy atom. The van der Waals surface area contributed by atoms with Crippen molar-refractivity contribution in [1.29, 1.82) is 0 Å². The molecular formula is C27H27F3N2O4S. The number of amides is 1. The maximum absolute atomic E-state index is 13.5. The van der Waals surface area contributed by atoms with Crippen LogP contribution in [-0.4, -0.2) is 42.0 Å². The number of alkyl halides is 3. The van der Waals surface area contributed by atoms with E-state index in [0.29, 0.717) is 36.6 Å². The Kier molecular flexibility index (Phi) is 8.01. The fourth-order valence-corrected chi connectivity index (χ4v) is 4.89. The van der Waals surface area contributed by atoms with Gasteiger partial charge in [-0.15, -0.1) is 11.8 Å². The van der Waals surface area contributed by atoms with Gasteiger partial charge in [-0.3, -0.25) is 15.3 Å². The highest BCUT2D eigenvalue weighted by atomic mass is 32.2. The van der Waals surface area contributed by atoms with Crippen molar-refractivity contribution in [2.45, 2.75) is 35.9 Å². The third-order valence-electron chi connectivity index (χ3n) is 6.72. The van der Waals surface area contributed by atoms with Crippen LogP contribution in [0.5, 0.6) is 5.75 Å². The smallest absolute Gasteiger partial charge is 0.398 e. The molecular weight excluding hydrogens is 505 g/mol. The summed E-state index contributed by atoms with van der Waals surface area (Å²) in [7, 11) is 0. The Morgan fingerprint density at radius 1 is 1.05 bits per heavy atom. The van der Waals surface area contributed by atoms with Crippen LogP contribution < -0.4 is 15.0 Å². The van der Waals surface area contributed by atoms with Gasteiger partial charge in [-0.2, -0.15) is 13.2 Å². The number of halogens is 3. The molecule has 3 aromatic rings. The molecule has 0 radical (unpaired) electrons. The monoisotopic (exact) mass is 532 g/mol. The summed E-state index contributed by atoms with van der Waals surface area (Å²) in [6.07, 6.45) is -1.92. The van der Waals surface area contributed by atoms with Crippen molar-refractivity contribution >= 4 is 29.0 Å². The summed E-state index contributed by atoms with van der Waals surface area (Å²) >= 11 is 1.67. The molecule has 5 rings (SSSR count). The molecule has 0 aromatic heterocycles. The Hall–Kier alpha value is -3.21. The van der Waals surface area contributed by atoms with Crippen molar-refractivity contribution in [2.75, 3.05) is 24.3 Å². The molecule has 196 valence electrons. The first-order chi connectivity index (χ1) is 17.8. The van der Waals surface area contributed by atoms with E-state index in [4.69, 9.17) is 15.3 Å². The molecule has 10 heteroatoms. The zero-order valence-corrected chi connectivity index (χ0v) is 20.9. The Bertz CT molecular complexity index is 1230. The minimum atomic E-state index is -4.23. The van der Waals surface area contributed by atoms with Gasteiger partial charge in [0.2, 0.25) is 0 Å². The summed E-state index contributed by atoms with van der Waals surface area (Å²) in [5.41, 5.74) is 1.71. The zero-order valence-electron chi connectivity index (χ0n) is 20.1. The normalized spacial score (nSPS) is 15.6. The van der Waals surface area contributed by atoms with Gasteiger partial charge < -0.3 is 15.0 Å². The number of ether oxygens (including phenoxy) is 1. The van der Waals surface area contributed by atoms with E-state index in [1.54, 1.807) is 48.2 Å². The van der Waals surface area contributed by atoms with Gasteiger partial charge in [-0.1, -0.05) is 24.3 Å². The van der Waals surface area contributed by atoms with Crippen molar-refractivity contribution in [1.82, 2.24) is 5.32 Å². The number of nitrogens with zero attached hydrogens (tertiary/aromatic N) is 1. The SMILES string of the molecule is CSc1ccc(CNC(=O)c2ccc3c(c2)OCCN3c2ccc(C3(C(F)(F)F)CC3)cc2)cc1.OO. The molecule has 6 nitrogen and oxygen atoms in total. The van der Waals surface area contributed by atoms with E-state index in [1.165, 1.54) is 4.90 Å². The molecule has 3 aromatic carbocycles. The number of carbonyl (C=O) groups is 1. The number of fused-ring (bicyclic) bond motifs is 1. The van der Waals surface area contributed by atoms with Crippen LogP contribution in [0.4, 0.5) is 24.5 Å². The van der Waals surface area contributed by atoms with Crippen LogP contribution in [-0.2, 0) is 12.0 Å². The number of thioether (sulfide) groups is 1. The second-order valence-corrected chi connectivity index (χ2v) is 9.72. The minimum absolute atomic E-state index is 0.143. The van der Waals surface area contributed by atoms with Crippen molar-refractivity contribution in [2.24, 2.45) is 0 Å². The molecule has 0 atom stereocenters. The molecule has 2 aliphatic rings. The third-order valence-corrected chi connectivity index (χ3v) is 7.47. The fraction of sp³-hybridized carbons (Fsp3) is 0.296. The van der Waals surface area contributed by atoms with Crippen molar-refractivity contribution in [3.05, 3.63) is 83.4 Å². The Labute approximate surface area is 217 Å². The van der Waals surface area contributed by atoms with Crippen LogP contribution in [0.25, 0.3) is 0 Å². The molecule has 0 saturated heterocycles. The lowest BCUT2D eigenvalue weighted by molar-refractivity contribution is -0.176. The number of rotatable bonds is 6. The highest BCUT2D eigenvalue weighted by Crippen LogP contribution is 2.59. The number of hydrogen-bond donors (Lipinski definition) is 3. The van der Waals surface area contributed by atoms with Gasteiger partial charge in [0.1, 0.15) is 12.4 Å². The van der Waals surface area contributed by atoms with Gasteiger partial charge in [0, 0.05) is 22.7 Å². The van der Waals surface area contributed by atoms with Crippen LogP contribution in [0.15, 0.2) is 71.6 Å². The second kappa shape index (κ2) is 11.0. The van der Waals surface area contributed by atoms with E-state index in [-0.39, 0.29) is 18.7 Å². The van der Waals surface area contributed by atoms with Gasteiger partial charge >= 0.3 is 6.18 Å². The van der Waals surface area contributed by atoms with E-state index >= 15 is 0 Å². The van der Waals surface area contributed by atoms with E-state index < -0.39 is 11.6 Å². The van der Waals surface area contributed by atoms with Gasteiger partial charge in [-0.05, 0) is 72.7 Å². The Morgan fingerprint density at radius 3 is 2.32 bits per heavy atom. The number of hydrogen-bond acceptors (Lipinski definition) is 6. The van der Waals surface area contributed by atoms with E-state index in [1.807, 2.05) is 41.5 Å². The van der Waals surface area contributed by atoms with E-state index in [0.717, 1.165) is 16.9 Å². The molecule has 0 spiro atoms. The van der Waals surface area contributed by atoms with Crippen molar-refractivity contribution < 1.29 is 33.2 Å². The molecule has 1 amide bonds. The first kappa shape index (κ1) is 26.8. The molecule has 1 saturated carbocycles. The maximum Gasteiger partial charge on any atom is 0.398 e. The summed E-state index contributed by atoms with van der Waals surface area (Å²) in [4.78, 5) is 15.9. The number of benzene rings is 3. The third kappa shape index (κ3) is 5.56. The van der Waals surface area contributed by atoms with Crippen molar-refractivity contribution in [3.8, 4) is 5.75 Å². The van der Waals surface area contributed by atoms with Crippen LogP contribution >= 0.6 is 11.8 Å². The molecule has 37 heavy (non-hydrogen) atoms. The first-order valence-electron chi connectivity index (χ1n) is 11.6. The second-order valence-electron chi connectivity index (χ2n) is 8.84. The number of anilines is 2. The predicted octanol–water partition coefficient (Wildman–Crippen LogP) is 6.48. The largest absolute Gasteiger partial charge is 0.490 e. The minimum Gasteiger partial charge on any atom is -0.490 e. The summed E-state index contributed by atoms with van der Waals surface area (Å²) in [6.45, 7) is 1.39. The summed E-state index contributed by atoms with van der Waals surface area (Å²) in [6, 6.07) is 19.9. The highest BCUT2D eigenvalue weighted by Gasteiger charge is 2.64. The van der Waals surface area contributed by atoms with Gasteiger partial charge in [0.05, 0.1) is 17.6 Å². The lowest BCUT2D eigenvalue weighted by Crippen LogP contribution is -2.30. The van der Waals surface area contributed by atoms with Crippen LogP contribution in [0.1, 0.15) is 34.3 Å². The van der Waals surface area contributed by atoms with Gasteiger partial charge in [0.15, 0.2) is 0 Å². The number of carbonyl (C=O) groups excluding carboxylic acids is 1. The lowest BCUT2D eigenvalue weighted by Gasteiger charge is -2.32. The van der Waals surface area contributed by atoms with E-state index in [9.17, 15) is 18.0 Å². The fourth-order valence-electron chi connectivity index (χ4n) is 4.48. The van der Waals surface area contributed by atoms with E-state index in [2.05, 4.69) is 5.32 Å². The molecule has 1 fully saturated rings. The lowest BCUT2D eigenvalue weighted by atomic mass is 9.95.